The van der Waals surface area contributed by atoms with Crippen LogP contribution in [0.25, 0.3) is 0 Å². The van der Waals surface area contributed by atoms with Crippen molar-refractivity contribution in [3.8, 4) is 0 Å². The molecule has 0 unspecified atom stereocenters. The molecule has 0 bridgehead atoms. The molecule has 1 fully saturated rings. The van der Waals surface area contributed by atoms with E-state index < -0.39 is 36.7 Å². The number of ether oxygens (including phenoxy) is 1. The van der Waals surface area contributed by atoms with Gasteiger partial charge in [-0.2, -0.15) is 26.3 Å². The van der Waals surface area contributed by atoms with Crippen molar-refractivity contribution in [2.24, 2.45) is 5.16 Å². The van der Waals surface area contributed by atoms with Crippen molar-refractivity contribution in [3.63, 3.8) is 0 Å². The number of hydrogen-bond acceptors (Lipinski definition) is 3. The molecular formula is C6H5F6NO2. The minimum Gasteiger partial charge on any atom is -0.411 e. The number of alkyl halides is 6. The van der Waals surface area contributed by atoms with Gasteiger partial charge < -0.3 is 9.94 Å². The number of rotatable bonds is 0. The Bertz CT molecular complexity index is 266. The topological polar surface area (TPSA) is 41.8 Å². The van der Waals surface area contributed by atoms with Gasteiger partial charge in [0.25, 0.3) is 5.60 Å². The van der Waals surface area contributed by atoms with Gasteiger partial charge in [-0.05, 0) is 0 Å². The maximum absolute atomic E-state index is 12.2. The fourth-order valence-electron chi connectivity index (χ4n) is 1.18. The van der Waals surface area contributed by atoms with Gasteiger partial charge in [0.1, 0.15) is 0 Å². The van der Waals surface area contributed by atoms with Gasteiger partial charge in [0, 0.05) is 6.42 Å². The van der Waals surface area contributed by atoms with E-state index in [0.717, 1.165) is 0 Å². The number of hydrogen-bond donors (Lipinski definition) is 1. The van der Waals surface area contributed by atoms with Crippen molar-refractivity contribution < 1.29 is 36.3 Å². The molecule has 88 valence electrons. The maximum atomic E-state index is 12.2. The normalized spacial score (nSPS) is 24.8. The van der Waals surface area contributed by atoms with Gasteiger partial charge in [0.05, 0.1) is 12.3 Å². The first kappa shape index (κ1) is 12.1. The monoisotopic (exact) mass is 237 g/mol. The zero-order valence-electron chi connectivity index (χ0n) is 6.98. The van der Waals surface area contributed by atoms with Gasteiger partial charge in [0.15, 0.2) is 0 Å². The summed E-state index contributed by atoms with van der Waals surface area (Å²) in [5, 5.41) is 10.4. The van der Waals surface area contributed by atoms with Gasteiger partial charge in [-0.1, -0.05) is 5.16 Å². The van der Waals surface area contributed by atoms with E-state index in [1.54, 1.807) is 0 Å². The lowest BCUT2D eigenvalue weighted by atomic mass is 9.98. The molecule has 3 nitrogen and oxygen atoms in total. The quantitative estimate of drug-likeness (QED) is 0.398. The van der Waals surface area contributed by atoms with E-state index in [2.05, 4.69) is 9.89 Å². The standard InChI is InChI=1S/C6H5F6NO2/c7-5(8,9)4(6(10,11)12)1-3(13-14)2-15-4/h14H,1-2H2. The number of nitrogens with zero attached hydrogens (tertiary/aromatic N) is 1. The first-order valence-corrected chi connectivity index (χ1v) is 3.61. The largest absolute Gasteiger partial charge is 0.426 e. The summed E-state index contributed by atoms with van der Waals surface area (Å²) in [5.74, 6) is 0. The Morgan fingerprint density at radius 2 is 1.60 bits per heavy atom. The minimum absolute atomic E-state index is 0.690. The SMILES string of the molecule is ON=C1COC(C(F)(F)F)(C(F)(F)F)C1. The molecule has 0 saturated carbocycles. The van der Waals surface area contributed by atoms with Crippen LogP contribution >= 0.6 is 0 Å². The number of halogens is 6. The van der Waals surface area contributed by atoms with Gasteiger partial charge in [-0.3, -0.25) is 0 Å². The number of oxime groups is 1. The molecule has 0 amide bonds. The zero-order valence-corrected chi connectivity index (χ0v) is 6.98. The van der Waals surface area contributed by atoms with E-state index >= 15 is 0 Å². The van der Waals surface area contributed by atoms with Gasteiger partial charge in [-0.25, -0.2) is 0 Å². The molecule has 0 aromatic heterocycles. The molecule has 1 heterocycles. The van der Waals surface area contributed by atoms with Crippen LogP contribution in [0, 0.1) is 0 Å². The Morgan fingerprint density at radius 3 is 1.80 bits per heavy atom. The minimum atomic E-state index is -5.60. The molecule has 0 atom stereocenters. The molecule has 1 aliphatic rings. The van der Waals surface area contributed by atoms with Crippen molar-refractivity contribution in [1.29, 1.82) is 0 Å². The van der Waals surface area contributed by atoms with Crippen LogP contribution in [0.4, 0.5) is 26.3 Å². The summed E-state index contributed by atoms with van der Waals surface area (Å²) in [4.78, 5) is 0. The molecule has 0 spiro atoms. The highest BCUT2D eigenvalue weighted by Gasteiger charge is 2.74. The lowest BCUT2D eigenvalue weighted by Crippen LogP contribution is -2.56. The first-order valence-electron chi connectivity index (χ1n) is 3.61. The Hall–Kier alpha value is -0.990. The first-order chi connectivity index (χ1) is 6.64. The second kappa shape index (κ2) is 3.26. The summed E-state index contributed by atoms with van der Waals surface area (Å²) in [6, 6.07) is 0. The van der Waals surface area contributed by atoms with E-state index in [-0.39, 0.29) is 0 Å². The van der Waals surface area contributed by atoms with E-state index in [0.29, 0.717) is 0 Å². The van der Waals surface area contributed by atoms with E-state index in [1.165, 1.54) is 0 Å². The summed E-state index contributed by atoms with van der Waals surface area (Å²) in [7, 11) is 0. The average molecular weight is 237 g/mol. The molecule has 1 N–H and O–H groups in total. The van der Waals surface area contributed by atoms with Crippen LogP contribution in [0.1, 0.15) is 6.42 Å². The van der Waals surface area contributed by atoms with Crippen LogP contribution in [0.2, 0.25) is 0 Å². The predicted octanol–water partition coefficient (Wildman–Crippen LogP) is 2.10. The third kappa shape index (κ3) is 1.75. The zero-order chi connectivity index (χ0) is 11.9. The third-order valence-electron chi connectivity index (χ3n) is 2.00. The molecule has 0 aliphatic carbocycles. The van der Waals surface area contributed by atoms with Gasteiger partial charge >= 0.3 is 12.4 Å². The van der Waals surface area contributed by atoms with Crippen LogP contribution in [-0.2, 0) is 4.74 Å². The van der Waals surface area contributed by atoms with Gasteiger partial charge in [0.2, 0.25) is 0 Å². The van der Waals surface area contributed by atoms with Crippen molar-refractivity contribution in [1.82, 2.24) is 0 Å². The fourth-order valence-corrected chi connectivity index (χ4v) is 1.18. The molecule has 9 heteroatoms. The Balaban J connectivity index is 3.13. The summed E-state index contributed by atoms with van der Waals surface area (Å²) in [6.07, 6.45) is -12.7. The molecule has 0 aromatic carbocycles. The van der Waals surface area contributed by atoms with Gasteiger partial charge in [-0.15, -0.1) is 0 Å². The Labute approximate surface area is 79.3 Å². The van der Waals surface area contributed by atoms with Crippen LogP contribution in [0.15, 0.2) is 5.16 Å². The summed E-state index contributed by atoms with van der Waals surface area (Å²) < 4.78 is 77.2. The highest BCUT2D eigenvalue weighted by molar-refractivity contribution is 5.88. The molecule has 0 aromatic rings. The van der Waals surface area contributed by atoms with Crippen LogP contribution in [-0.4, -0.2) is 35.5 Å². The highest BCUT2D eigenvalue weighted by atomic mass is 19.4. The van der Waals surface area contributed by atoms with Crippen molar-refractivity contribution in [2.45, 2.75) is 24.4 Å². The van der Waals surface area contributed by atoms with Crippen LogP contribution < -0.4 is 0 Å². The van der Waals surface area contributed by atoms with Crippen LogP contribution in [0.5, 0.6) is 0 Å². The van der Waals surface area contributed by atoms with Crippen LogP contribution in [0.3, 0.4) is 0 Å². The predicted molar refractivity (Wildman–Crippen MR) is 34.6 cm³/mol. The fraction of sp³-hybridized carbons (Fsp3) is 0.833. The lowest BCUT2D eigenvalue weighted by molar-refractivity contribution is -0.367. The van der Waals surface area contributed by atoms with Crippen molar-refractivity contribution in [3.05, 3.63) is 0 Å². The second-order valence-corrected chi connectivity index (χ2v) is 2.95. The lowest BCUT2D eigenvalue weighted by Gasteiger charge is -2.31. The molecule has 15 heavy (non-hydrogen) atoms. The summed E-state index contributed by atoms with van der Waals surface area (Å²) in [6.45, 7) is -0.991. The van der Waals surface area contributed by atoms with E-state index in [9.17, 15) is 26.3 Å². The average Bonchev–Trinajstić information content (AvgIpc) is 2.45. The molecular weight excluding hydrogens is 232 g/mol. The van der Waals surface area contributed by atoms with E-state index in [1.807, 2.05) is 0 Å². The molecule has 0 radical (unpaired) electrons. The smallest absolute Gasteiger partial charge is 0.411 e. The molecule has 1 saturated heterocycles. The summed E-state index contributed by atoms with van der Waals surface area (Å²) >= 11 is 0. The molecule has 1 aliphatic heterocycles. The Morgan fingerprint density at radius 1 is 1.13 bits per heavy atom. The summed E-state index contributed by atoms with van der Waals surface area (Å²) in [5.41, 5.74) is -4.94. The second-order valence-electron chi connectivity index (χ2n) is 2.95. The van der Waals surface area contributed by atoms with Crippen molar-refractivity contribution in [2.75, 3.05) is 6.61 Å². The van der Waals surface area contributed by atoms with Crippen molar-refractivity contribution >= 4 is 5.71 Å². The Kier molecular flexibility index (Phi) is 2.62. The van der Waals surface area contributed by atoms with E-state index in [4.69, 9.17) is 5.21 Å². The third-order valence-corrected chi connectivity index (χ3v) is 2.00. The highest BCUT2D eigenvalue weighted by Crippen LogP contribution is 2.50. The molecule has 1 rings (SSSR count). The maximum Gasteiger partial charge on any atom is 0.426 e.